The number of aromatic nitrogens is 1. The van der Waals surface area contributed by atoms with Crippen LogP contribution in [-0.4, -0.2) is 58.4 Å². The molecule has 2 aliphatic rings. The standard InChI is InChI=1S/C33H40ClN3O3.C4H10O/c1-21-29(18-30(38)39)32(37-12-9-33(3,4)10-13-37)31(22(2)35-21)25-6-7-26-20-36(11-8-24(26)16-25)19-23-14-27(34)17-28(15-23)40-5;1-4(2,3)5/h6-7,14-17H,8-13,18-20H2,1-5H3,(H,38,39);5H,1-3H3. The molecule has 0 radical (unpaired) electrons. The number of hydrogen-bond acceptors (Lipinski definition) is 6. The van der Waals surface area contributed by atoms with E-state index in [-0.39, 0.29) is 6.42 Å². The molecule has 0 atom stereocenters. The van der Waals surface area contributed by atoms with E-state index in [1.165, 1.54) is 11.1 Å². The molecule has 0 saturated carbocycles. The highest BCUT2D eigenvalue weighted by Gasteiger charge is 2.30. The average Bonchev–Trinajstić information content (AvgIpc) is 2.93. The summed E-state index contributed by atoms with van der Waals surface area (Å²) in [4.78, 5) is 21.7. The maximum Gasteiger partial charge on any atom is 0.307 e. The molecule has 1 fully saturated rings. The zero-order valence-corrected chi connectivity index (χ0v) is 29.0. The summed E-state index contributed by atoms with van der Waals surface area (Å²) in [5.41, 5.74) is 9.51. The van der Waals surface area contributed by atoms with Crippen LogP contribution in [0.4, 0.5) is 5.69 Å². The predicted octanol–water partition coefficient (Wildman–Crippen LogP) is 7.62. The van der Waals surface area contributed by atoms with E-state index in [2.05, 4.69) is 54.8 Å². The normalized spacial score (nSPS) is 16.4. The minimum Gasteiger partial charge on any atom is -0.497 e. The summed E-state index contributed by atoms with van der Waals surface area (Å²) in [5, 5.41) is 19.0. The first-order chi connectivity index (χ1) is 21.0. The number of fused-ring (bicyclic) bond motifs is 1. The van der Waals surface area contributed by atoms with Crippen LogP contribution < -0.4 is 9.64 Å². The number of nitrogens with zero attached hydrogens (tertiary/aromatic N) is 3. The van der Waals surface area contributed by atoms with Crippen molar-refractivity contribution >= 4 is 23.3 Å². The van der Waals surface area contributed by atoms with Crippen molar-refractivity contribution in [3.8, 4) is 16.9 Å². The molecule has 2 N–H and O–H groups in total. The first kappa shape index (κ1) is 34.7. The lowest BCUT2D eigenvalue weighted by molar-refractivity contribution is -0.136. The van der Waals surface area contributed by atoms with Gasteiger partial charge in [0.25, 0.3) is 0 Å². The second kappa shape index (κ2) is 14.1. The van der Waals surface area contributed by atoms with E-state index in [4.69, 9.17) is 26.4 Å². The lowest BCUT2D eigenvalue weighted by Gasteiger charge is -2.40. The molecule has 8 heteroatoms. The fraction of sp³-hybridized carbons (Fsp3) is 0.514. The number of methoxy groups -OCH3 is 1. The van der Waals surface area contributed by atoms with Crippen LogP contribution in [0.3, 0.4) is 0 Å². The van der Waals surface area contributed by atoms with Crippen molar-refractivity contribution in [1.82, 2.24) is 9.88 Å². The topological polar surface area (TPSA) is 86.1 Å². The van der Waals surface area contributed by atoms with E-state index in [9.17, 15) is 9.90 Å². The number of hydrogen-bond donors (Lipinski definition) is 2. The predicted molar refractivity (Wildman–Crippen MR) is 184 cm³/mol. The number of aryl methyl sites for hydroxylation is 2. The number of carbonyl (C=O) groups is 1. The molecule has 0 unspecified atom stereocenters. The Morgan fingerprint density at radius 3 is 2.31 bits per heavy atom. The third-order valence-electron chi connectivity index (χ3n) is 8.58. The van der Waals surface area contributed by atoms with E-state index in [0.29, 0.717) is 10.4 Å². The van der Waals surface area contributed by atoms with Gasteiger partial charge >= 0.3 is 5.97 Å². The fourth-order valence-electron chi connectivity index (χ4n) is 6.25. The zero-order chi connectivity index (χ0) is 33.1. The van der Waals surface area contributed by atoms with E-state index < -0.39 is 11.6 Å². The van der Waals surface area contributed by atoms with Crippen molar-refractivity contribution in [3.05, 3.63) is 75.1 Å². The second-order valence-electron chi connectivity index (χ2n) is 14.3. The van der Waals surface area contributed by atoms with Crippen LogP contribution in [0, 0.1) is 19.3 Å². The molecule has 244 valence electrons. The number of pyridine rings is 1. The molecule has 5 rings (SSSR count). The molecule has 1 aromatic heterocycles. The molecule has 0 aliphatic carbocycles. The Hall–Kier alpha value is -3.13. The molecule has 0 bridgehead atoms. The Balaban J connectivity index is 0.000000854. The average molecular weight is 636 g/mol. The van der Waals surface area contributed by atoms with E-state index in [1.807, 2.05) is 19.1 Å². The van der Waals surface area contributed by atoms with Crippen LogP contribution in [0.1, 0.15) is 81.1 Å². The third-order valence-corrected chi connectivity index (χ3v) is 8.80. The van der Waals surface area contributed by atoms with Crippen LogP contribution in [0.15, 0.2) is 36.4 Å². The Morgan fingerprint density at radius 1 is 1.02 bits per heavy atom. The number of ether oxygens (including phenoxy) is 1. The van der Waals surface area contributed by atoms with Gasteiger partial charge < -0.3 is 19.8 Å². The number of carboxylic acid groups (broad SMARTS) is 1. The highest BCUT2D eigenvalue weighted by atomic mass is 35.5. The van der Waals surface area contributed by atoms with Crippen molar-refractivity contribution < 1.29 is 19.7 Å². The highest BCUT2D eigenvalue weighted by molar-refractivity contribution is 6.30. The largest absolute Gasteiger partial charge is 0.497 e. The van der Waals surface area contributed by atoms with Gasteiger partial charge in [-0.25, -0.2) is 0 Å². The molecular weight excluding hydrogens is 586 g/mol. The lowest BCUT2D eigenvalue weighted by atomic mass is 9.82. The Bertz CT molecular complexity index is 1510. The summed E-state index contributed by atoms with van der Waals surface area (Å²) < 4.78 is 5.40. The zero-order valence-electron chi connectivity index (χ0n) is 28.3. The number of rotatable bonds is 7. The number of piperidine rings is 1. The summed E-state index contributed by atoms with van der Waals surface area (Å²) in [6, 6.07) is 12.7. The van der Waals surface area contributed by atoms with Crippen LogP contribution in [0.25, 0.3) is 11.1 Å². The van der Waals surface area contributed by atoms with Crippen LogP contribution in [0.5, 0.6) is 5.75 Å². The van der Waals surface area contributed by atoms with E-state index in [1.54, 1.807) is 27.9 Å². The van der Waals surface area contributed by atoms with E-state index >= 15 is 0 Å². The van der Waals surface area contributed by atoms with Crippen molar-refractivity contribution in [3.63, 3.8) is 0 Å². The number of aliphatic hydroxyl groups is 1. The minimum absolute atomic E-state index is 0.0183. The van der Waals surface area contributed by atoms with Gasteiger partial charge in [-0.3, -0.25) is 14.7 Å². The molecule has 1 saturated heterocycles. The number of benzene rings is 2. The van der Waals surface area contributed by atoms with Crippen molar-refractivity contribution in [1.29, 1.82) is 0 Å². The highest BCUT2D eigenvalue weighted by Crippen LogP contribution is 2.42. The quantitative estimate of drug-likeness (QED) is 0.276. The Labute approximate surface area is 274 Å². The molecule has 2 aliphatic heterocycles. The molecule has 2 aromatic carbocycles. The van der Waals surface area contributed by atoms with Gasteiger partial charge in [-0.05, 0) is 99.7 Å². The van der Waals surface area contributed by atoms with Gasteiger partial charge in [0.15, 0.2) is 0 Å². The summed E-state index contributed by atoms with van der Waals surface area (Å²) >= 11 is 6.31. The Kier molecular flexibility index (Phi) is 10.9. The third kappa shape index (κ3) is 9.44. The van der Waals surface area contributed by atoms with Gasteiger partial charge in [-0.2, -0.15) is 0 Å². The number of anilines is 1. The van der Waals surface area contributed by atoms with Gasteiger partial charge in [0, 0.05) is 60.3 Å². The van der Waals surface area contributed by atoms with Gasteiger partial charge in [-0.15, -0.1) is 0 Å². The van der Waals surface area contributed by atoms with Gasteiger partial charge in [0.05, 0.1) is 24.8 Å². The molecule has 7 nitrogen and oxygen atoms in total. The van der Waals surface area contributed by atoms with Crippen LogP contribution in [-0.2, 0) is 30.7 Å². The second-order valence-corrected chi connectivity index (χ2v) is 14.8. The molecule has 3 heterocycles. The molecule has 3 aromatic rings. The van der Waals surface area contributed by atoms with Crippen molar-refractivity contribution in [2.24, 2.45) is 5.41 Å². The van der Waals surface area contributed by atoms with E-state index in [0.717, 1.165) is 97.1 Å². The van der Waals surface area contributed by atoms with Gasteiger partial charge in [0.2, 0.25) is 0 Å². The number of halogens is 1. The SMILES string of the molecule is CC(C)(C)O.COc1cc(Cl)cc(CN2CCc3cc(-c4c(C)nc(C)c(CC(=O)O)c4N4CCC(C)(C)CC4)ccc3C2)c1. The van der Waals surface area contributed by atoms with Crippen molar-refractivity contribution in [2.45, 2.75) is 92.8 Å². The van der Waals surface area contributed by atoms with Crippen LogP contribution >= 0.6 is 11.6 Å². The summed E-state index contributed by atoms with van der Waals surface area (Å²) in [5.74, 6) is -0.0388. The fourth-order valence-corrected chi connectivity index (χ4v) is 6.50. The number of carboxylic acids is 1. The Morgan fingerprint density at radius 2 is 1.69 bits per heavy atom. The molecular formula is C37H50ClN3O4. The lowest BCUT2D eigenvalue weighted by Crippen LogP contribution is -2.38. The van der Waals surface area contributed by atoms with Gasteiger partial charge in [-0.1, -0.05) is 43.6 Å². The van der Waals surface area contributed by atoms with Gasteiger partial charge in [0.1, 0.15) is 5.75 Å². The monoisotopic (exact) mass is 635 g/mol. The first-order valence-electron chi connectivity index (χ1n) is 15.9. The minimum atomic E-state index is -0.818. The summed E-state index contributed by atoms with van der Waals surface area (Å²) in [6.07, 6.45) is 3.10. The first-order valence-corrected chi connectivity index (χ1v) is 16.3. The summed E-state index contributed by atoms with van der Waals surface area (Å²) in [7, 11) is 1.66. The molecule has 45 heavy (non-hydrogen) atoms. The molecule has 0 amide bonds. The molecule has 0 spiro atoms. The smallest absolute Gasteiger partial charge is 0.307 e. The summed E-state index contributed by atoms with van der Waals surface area (Å²) in [6.45, 7) is 18.4. The maximum atomic E-state index is 11.9. The maximum absolute atomic E-state index is 11.9. The van der Waals surface area contributed by atoms with Crippen molar-refractivity contribution in [2.75, 3.05) is 31.6 Å². The van der Waals surface area contributed by atoms with Crippen LogP contribution in [0.2, 0.25) is 5.02 Å². The number of aliphatic carboxylic acids is 1.